The predicted molar refractivity (Wildman–Crippen MR) is 50.6 cm³/mol. The normalized spacial score (nSPS) is 30.0. The number of hydrogen-bond acceptors (Lipinski definition) is 1. The van der Waals surface area contributed by atoms with Gasteiger partial charge in [-0.15, -0.1) is 12.4 Å². The molecule has 1 heterocycles. The van der Waals surface area contributed by atoms with Crippen LogP contribution in [0.3, 0.4) is 0 Å². The molecule has 2 fully saturated rings. The molecule has 1 saturated heterocycles. The topological polar surface area (TPSA) is 12.0 Å². The Balaban J connectivity index is 0.000000845. The van der Waals surface area contributed by atoms with Crippen LogP contribution in [0.4, 0.5) is 8.78 Å². The molecular formula is C9H16ClF2N. The van der Waals surface area contributed by atoms with Crippen LogP contribution in [0.15, 0.2) is 0 Å². The number of piperidine rings is 1. The van der Waals surface area contributed by atoms with E-state index in [1.54, 1.807) is 0 Å². The van der Waals surface area contributed by atoms with Crippen molar-refractivity contribution in [3.05, 3.63) is 0 Å². The van der Waals surface area contributed by atoms with E-state index in [-0.39, 0.29) is 30.8 Å². The van der Waals surface area contributed by atoms with Crippen molar-refractivity contribution in [2.24, 2.45) is 0 Å². The first-order chi connectivity index (χ1) is 5.62. The lowest BCUT2D eigenvalue weighted by Gasteiger charge is -2.39. The van der Waals surface area contributed by atoms with Gasteiger partial charge in [0.05, 0.1) is 0 Å². The van der Waals surface area contributed by atoms with Crippen LogP contribution in [-0.2, 0) is 0 Å². The van der Waals surface area contributed by atoms with Crippen molar-refractivity contribution in [3.8, 4) is 0 Å². The largest absolute Gasteiger partial charge is 0.311 e. The van der Waals surface area contributed by atoms with E-state index in [1.165, 1.54) is 0 Å². The first kappa shape index (κ1) is 11.2. The number of hydrogen-bond donors (Lipinski definition) is 1. The van der Waals surface area contributed by atoms with Gasteiger partial charge in [0.1, 0.15) is 0 Å². The van der Waals surface area contributed by atoms with E-state index in [0.29, 0.717) is 6.54 Å². The van der Waals surface area contributed by atoms with Crippen molar-refractivity contribution >= 4 is 12.4 Å². The molecule has 78 valence electrons. The zero-order chi connectivity index (χ0) is 8.66. The highest BCUT2D eigenvalue weighted by Crippen LogP contribution is 2.42. The Morgan fingerprint density at radius 1 is 1.00 bits per heavy atom. The molecule has 0 radical (unpaired) electrons. The van der Waals surface area contributed by atoms with Crippen LogP contribution in [0.1, 0.15) is 38.5 Å². The Morgan fingerprint density at radius 2 is 1.62 bits per heavy atom. The maximum Gasteiger partial charge on any atom is 0.251 e. The summed E-state index contributed by atoms with van der Waals surface area (Å²) >= 11 is 0. The van der Waals surface area contributed by atoms with Crippen molar-refractivity contribution in [2.45, 2.75) is 50.0 Å². The van der Waals surface area contributed by atoms with Gasteiger partial charge in [-0.2, -0.15) is 0 Å². The van der Waals surface area contributed by atoms with Gasteiger partial charge in [0.2, 0.25) is 0 Å². The summed E-state index contributed by atoms with van der Waals surface area (Å²) < 4.78 is 26.1. The van der Waals surface area contributed by atoms with Crippen LogP contribution in [0.5, 0.6) is 0 Å². The van der Waals surface area contributed by atoms with Crippen LogP contribution < -0.4 is 5.32 Å². The standard InChI is InChI=1S/C9H15F2N.ClH/c10-9(11)5-6-12-8(7-9)3-1-2-4-8;/h12H,1-7H2;1H. The first-order valence-corrected chi connectivity index (χ1v) is 4.75. The molecule has 0 atom stereocenters. The Labute approximate surface area is 83.7 Å². The monoisotopic (exact) mass is 211 g/mol. The maximum atomic E-state index is 13.1. The summed E-state index contributed by atoms with van der Waals surface area (Å²) in [5, 5.41) is 3.27. The lowest BCUT2D eigenvalue weighted by atomic mass is 9.85. The van der Waals surface area contributed by atoms with Crippen LogP contribution in [-0.4, -0.2) is 18.0 Å². The molecule has 1 nitrogen and oxygen atoms in total. The number of halogens is 3. The van der Waals surface area contributed by atoms with Gasteiger partial charge < -0.3 is 5.32 Å². The third-order valence-corrected chi connectivity index (χ3v) is 3.15. The van der Waals surface area contributed by atoms with Crippen molar-refractivity contribution < 1.29 is 8.78 Å². The lowest BCUT2D eigenvalue weighted by molar-refractivity contribution is -0.0619. The average Bonchev–Trinajstić information content (AvgIpc) is 2.34. The minimum Gasteiger partial charge on any atom is -0.311 e. The van der Waals surface area contributed by atoms with E-state index < -0.39 is 5.92 Å². The van der Waals surface area contributed by atoms with Gasteiger partial charge in [-0.05, 0) is 12.8 Å². The summed E-state index contributed by atoms with van der Waals surface area (Å²) in [6, 6.07) is 0. The molecule has 13 heavy (non-hydrogen) atoms. The van der Waals surface area contributed by atoms with Gasteiger partial charge in [-0.1, -0.05) is 12.8 Å². The second-order valence-electron chi connectivity index (χ2n) is 4.20. The summed E-state index contributed by atoms with van der Waals surface area (Å²) in [5.41, 5.74) is -0.193. The molecule has 0 aromatic carbocycles. The lowest BCUT2D eigenvalue weighted by Crippen LogP contribution is -2.52. The highest BCUT2D eigenvalue weighted by atomic mass is 35.5. The predicted octanol–water partition coefficient (Wildman–Crippen LogP) is 2.74. The van der Waals surface area contributed by atoms with Crippen LogP contribution >= 0.6 is 12.4 Å². The molecule has 0 aromatic rings. The van der Waals surface area contributed by atoms with Crippen molar-refractivity contribution in [1.82, 2.24) is 5.32 Å². The Hall–Kier alpha value is 0.110. The summed E-state index contributed by atoms with van der Waals surface area (Å²) in [4.78, 5) is 0. The van der Waals surface area contributed by atoms with Gasteiger partial charge in [0.25, 0.3) is 5.92 Å². The minimum absolute atomic E-state index is 0. The molecule has 1 spiro atoms. The molecule has 2 aliphatic rings. The fraction of sp³-hybridized carbons (Fsp3) is 1.00. The Bertz CT molecular complexity index is 178. The van der Waals surface area contributed by atoms with Gasteiger partial charge in [-0.3, -0.25) is 0 Å². The molecular weight excluding hydrogens is 196 g/mol. The Morgan fingerprint density at radius 3 is 2.15 bits per heavy atom. The van der Waals surface area contributed by atoms with Gasteiger partial charge >= 0.3 is 0 Å². The van der Waals surface area contributed by atoms with Gasteiger partial charge in [0, 0.05) is 24.9 Å². The SMILES string of the molecule is Cl.FC1(F)CCNC2(CCCC2)C1. The van der Waals surface area contributed by atoms with E-state index >= 15 is 0 Å². The van der Waals surface area contributed by atoms with Gasteiger partial charge in [0.15, 0.2) is 0 Å². The van der Waals surface area contributed by atoms with Crippen LogP contribution in [0, 0.1) is 0 Å². The number of rotatable bonds is 0. The summed E-state index contributed by atoms with van der Waals surface area (Å²) in [5.74, 6) is -2.41. The average molecular weight is 212 g/mol. The zero-order valence-corrected chi connectivity index (χ0v) is 8.43. The molecule has 4 heteroatoms. The van der Waals surface area contributed by atoms with E-state index in [2.05, 4.69) is 5.32 Å². The van der Waals surface area contributed by atoms with Crippen molar-refractivity contribution in [1.29, 1.82) is 0 Å². The van der Waals surface area contributed by atoms with Crippen molar-refractivity contribution in [2.75, 3.05) is 6.54 Å². The zero-order valence-electron chi connectivity index (χ0n) is 7.61. The maximum absolute atomic E-state index is 13.1. The van der Waals surface area contributed by atoms with Crippen molar-refractivity contribution in [3.63, 3.8) is 0 Å². The van der Waals surface area contributed by atoms with E-state index in [1.807, 2.05) is 0 Å². The highest BCUT2D eigenvalue weighted by molar-refractivity contribution is 5.85. The van der Waals surface area contributed by atoms with E-state index in [4.69, 9.17) is 0 Å². The quantitative estimate of drug-likeness (QED) is 0.650. The molecule has 0 amide bonds. The third kappa shape index (κ3) is 2.32. The second-order valence-corrected chi connectivity index (χ2v) is 4.20. The molecule has 2 rings (SSSR count). The van der Waals surface area contributed by atoms with Gasteiger partial charge in [-0.25, -0.2) is 8.78 Å². The van der Waals surface area contributed by atoms with Crippen LogP contribution in [0.25, 0.3) is 0 Å². The van der Waals surface area contributed by atoms with Crippen LogP contribution in [0.2, 0.25) is 0 Å². The summed E-state index contributed by atoms with van der Waals surface area (Å²) in [6.45, 7) is 0.493. The summed E-state index contributed by atoms with van der Waals surface area (Å²) in [6.07, 6.45) is 4.21. The van der Waals surface area contributed by atoms with E-state index in [0.717, 1.165) is 25.7 Å². The molecule has 1 saturated carbocycles. The third-order valence-electron chi connectivity index (χ3n) is 3.15. The molecule has 1 aliphatic carbocycles. The molecule has 1 N–H and O–H groups in total. The molecule has 0 unspecified atom stereocenters. The first-order valence-electron chi connectivity index (χ1n) is 4.75. The number of nitrogens with one attached hydrogen (secondary N) is 1. The molecule has 1 aliphatic heterocycles. The second kappa shape index (κ2) is 3.70. The molecule has 0 bridgehead atoms. The fourth-order valence-corrected chi connectivity index (χ4v) is 2.56. The summed E-state index contributed by atoms with van der Waals surface area (Å²) in [7, 11) is 0. The van der Waals surface area contributed by atoms with E-state index in [9.17, 15) is 8.78 Å². The smallest absolute Gasteiger partial charge is 0.251 e. The fourth-order valence-electron chi connectivity index (χ4n) is 2.56. The minimum atomic E-state index is -2.41. The molecule has 0 aromatic heterocycles. The Kier molecular flexibility index (Phi) is 3.18. The number of alkyl halides is 2. The highest BCUT2D eigenvalue weighted by Gasteiger charge is 2.46.